The van der Waals surface area contributed by atoms with E-state index in [4.69, 9.17) is 21.1 Å². The van der Waals surface area contributed by atoms with Gasteiger partial charge in [-0.1, -0.05) is 11.6 Å². The molecule has 9 heteroatoms. The maximum absolute atomic E-state index is 12.6. The SMILES string of the molecule is COc1ccc(S(=O)(=O)NCCOc2ccc(Cl)cc2)cc1N1CCCC1=O. The number of benzene rings is 2. The van der Waals surface area contributed by atoms with Crippen LogP contribution in [0.15, 0.2) is 47.4 Å². The lowest BCUT2D eigenvalue weighted by Gasteiger charge is -2.20. The van der Waals surface area contributed by atoms with Crippen molar-refractivity contribution in [2.75, 3.05) is 31.7 Å². The molecule has 0 aromatic heterocycles. The first-order valence-electron chi connectivity index (χ1n) is 8.77. The summed E-state index contributed by atoms with van der Waals surface area (Å²) in [5.74, 6) is 1.01. The molecule has 150 valence electrons. The van der Waals surface area contributed by atoms with Crippen LogP contribution in [0.3, 0.4) is 0 Å². The molecule has 1 saturated heterocycles. The molecule has 28 heavy (non-hydrogen) atoms. The minimum absolute atomic E-state index is 0.0443. The Bertz CT molecular complexity index is 947. The van der Waals surface area contributed by atoms with Gasteiger partial charge in [0.05, 0.1) is 17.7 Å². The summed E-state index contributed by atoms with van der Waals surface area (Å²) in [7, 11) is -2.27. The molecule has 0 radical (unpaired) electrons. The van der Waals surface area contributed by atoms with Crippen LogP contribution in [0.5, 0.6) is 11.5 Å². The molecule has 0 saturated carbocycles. The predicted octanol–water partition coefficient (Wildman–Crippen LogP) is 2.83. The maximum Gasteiger partial charge on any atom is 0.240 e. The van der Waals surface area contributed by atoms with Crippen LogP contribution in [-0.4, -0.2) is 41.1 Å². The van der Waals surface area contributed by atoms with Crippen molar-refractivity contribution in [3.63, 3.8) is 0 Å². The molecule has 1 fully saturated rings. The smallest absolute Gasteiger partial charge is 0.240 e. The molecule has 1 N–H and O–H groups in total. The molecule has 1 aliphatic heterocycles. The molecule has 0 spiro atoms. The van der Waals surface area contributed by atoms with Crippen molar-refractivity contribution in [3.05, 3.63) is 47.5 Å². The summed E-state index contributed by atoms with van der Waals surface area (Å²) in [4.78, 5) is 13.7. The second-order valence-corrected chi connectivity index (χ2v) is 8.39. The van der Waals surface area contributed by atoms with Gasteiger partial charge in [-0.05, 0) is 48.9 Å². The fraction of sp³-hybridized carbons (Fsp3) is 0.316. The normalized spacial score (nSPS) is 14.4. The summed E-state index contributed by atoms with van der Waals surface area (Å²) in [5.41, 5.74) is 0.463. The molecule has 0 bridgehead atoms. The number of amides is 1. The van der Waals surface area contributed by atoms with Crippen molar-refractivity contribution in [1.82, 2.24) is 4.72 Å². The van der Waals surface area contributed by atoms with E-state index in [2.05, 4.69) is 4.72 Å². The Kier molecular flexibility index (Phi) is 6.43. The van der Waals surface area contributed by atoms with Gasteiger partial charge in [0.1, 0.15) is 18.1 Å². The van der Waals surface area contributed by atoms with Gasteiger partial charge < -0.3 is 14.4 Å². The highest BCUT2D eigenvalue weighted by atomic mass is 35.5. The monoisotopic (exact) mass is 424 g/mol. The van der Waals surface area contributed by atoms with E-state index >= 15 is 0 Å². The van der Waals surface area contributed by atoms with Crippen LogP contribution in [0.1, 0.15) is 12.8 Å². The number of methoxy groups -OCH3 is 1. The van der Waals surface area contributed by atoms with Gasteiger partial charge in [-0.25, -0.2) is 13.1 Å². The van der Waals surface area contributed by atoms with E-state index in [0.717, 1.165) is 6.42 Å². The van der Waals surface area contributed by atoms with Crippen molar-refractivity contribution < 1.29 is 22.7 Å². The highest BCUT2D eigenvalue weighted by Crippen LogP contribution is 2.33. The highest BCUT2D eigenvalue weighted by molar-refractivity contribution is 7.89. The van der Waals surface area contributed by atoms with Crippen LogP contribution in [0, 0.1) is 0 Å². The summed E-state index contributed by atoms with van der Waals surface area (Å²) in [6.07, 6.45) is 1.18. The third-order valence-electron chi connectivity index (χ3n) is 4.30. The Labute approximate surface area is 169 Å². The average Bonchev–Trinajstić information content (AvgIpc) is 3.12. The first kappa shape index (κ1) is 20.4. The number of sulfonamides is 1. The van der Waals surface area contributed by atoms with E-state index in [1.165, 1.54) is 19.2 Å². The standard InChI is InChI=1S/C19H21ClN2O5S/c1-26-18-9-8-16(13-17(18)22-11-2-3-19(22)23)28(24,25)21-10-12-27-15-6-4-14(20)5-7-15/h4-9,13,21H,2-3,10-12H2,1H3. The summed E-state index contributed by atoms with van der Waals surface area (Å²) < 4.78 is 38.5. The average molecular weight is 425 g/mol. The number of anilines is 1. The quantitative estimate of drug-likeness (QED) is 0.658. The van der Waals surface area contributed by atoms with Gasteiger partial charge in [0.15, 0.2) is 0 Å². The van der Waals surface area contributed by atoms with Gasteiger partial charge in [-0.15, -0.1) is 0 Å². The summed E-state index contributed by atoms with van der Waals surface area (Å²) in [5, 5.41) is 0.597. The largest absolute Gasteiger partial charge is 0.495 e. The van der Waals surface area contributed by atoms with Crippen molar-refractivity contribution in [2.45, 2.75) is 17.7 Å². The Balaban J connectivity index is 1.67. The number of carbonyl (C=O) groups excluding carboxylic acids is 1. The number of ether oxygens (including phenoxy) is 2. The van der Waals surface area contributed by atoms with Gasteiger partial charge in [0, 0.05) is 24.5 Å². The van der Waals surface area contributed by atoms with Crippen molar-refractivity contribution >= 4 is 33.2 Å². The summed E-state index contributed by atoms with van der Waals surface area (Å²) in [6, 6.07) is 11.3. The van der Waals surface area contributed by atoms with Gasteiger partial charge >= 0.3 is 0 Å². The molecular weight excluding hydrogens is 404 g/mol. The second kappa shape index (κ2) is 8.81. The summed E-state index contributed by atoms with van der Waals surface area (Å²) >= 11 is 5.81. The van der Waals surface area contributed by atoms with E-state index in [9.17, 15) is 13.2 Å². The fourth-order valence-corrected chi connectivity index (χ4v) is 4.07. The number of hydrogen-bond acceptors (Lipinski definition) is 5. The number of carbonyl (C=O) groups is 1. The van der Waals surface area contributed by atoms with Crippen LogP contribution < -0.4 is 19.1 Å². The molecule has 2 aromatic rings. The molecule has 7 nitrogen and oxygen atoms in total. The second-order valence-electron chi connectivity index (χ2n) is 6.18. The van der Waals surface area contributed by atoms with Crippen LogP contribution >= 0.6 is 11.6 Å². The van der Waals surface area contributed by atoms with E-state index in [0.29, 0.717) is 35.2 Å². The van der Waals surface area contributed by atoms with E-state index in [1.54, 1.807) is 35.2 Å². The molecular formula is C19H21ClN2O5S. The number of nitrogens with zero attached hydrogens (tertiary/aromatic N) is 1. The zero-order valence-corrected chi connectivity index (χ0v) is 16.9. The van der Waals surface area contributed by atoms with Crippen LogP contribution in [0.25, 0.3) is 0 Å². The molecule has 0 atom stereocenters. The molecule has 2 aromatic carbocycles. The van der Waals surface area contributed by atoms with Gasteiger partial charge in [-0.2, -0.15) is 0 Å². The third kappa shape index (κ3) is 4.76. The Morgan fingerprint density at radius 2 is 1.93 bits per heavy atom. The lowest BCUT2D eigenvalue weighted by molar-refractivity contribution is -0.117. The first-order chi connectivity index (χ1) is 13.4. The van der Waals surface area contributed by atoms with Gasteiger partial charge in [0.25, 0.3) is 0 Å². The molecule has 1 aliphatic rings. The summed E-state index contributed by atoms with van der Waals surface area (Å²) in [6.45, 7) is 0.796. The highest BCUT2D eigenvalue weighted by Gasteiger charge is 2.26. The number of hydrogen-bond donors (Lipinski definition) is 1. The fourth-order valence-electron chi connectivity index (χ4n) is 2.91. The molecule has 0 aliphatic carbocycles. The van der Waals surface area contributed by atoms with Crippen LogP contribution in [0.4, 0.5) is 5.69 Å². The predicted molar refractivity (Wildman–Crippen MR) is 107 cm³/mol. The Morgan fingerprint density at radius 3 is 2.57 bits per heavy atom. The van der Waals surface area contributed by atoms with Crippen LogP contribution in [0.2, 0.25) is 5.02 Å². The maximum atomic E-state index is 12.6. The van der Waals surface area contributed by atoms with E-state index in [1.807, 2.05) is 0 Å². The zero-order chi connectivity index (χ0) is 20.1. The van der Waals surface area contributed by atoms with Gasteiger partial charge in [-0.3, -0.25) is 4.79 Å². The van der Waals surface area contributed by atoms with Crippen molar-refractivity contribution in [1.29, 1.82) is 0 Å². The number of nitrogens with one attached hydrogen (secondary N) is 1. The van der Waals surface area contributed by atoms with Crippen LogP contribution in [-0.2, 0) is 14.8 Å². The van der Waals surface area contributed by atoms with Gasteiger partial charge in [0.2, 0.25) is 15.9 Å². The number of halogens is 1. The topological polar surface area (TPSA) is 84.9 Å². The van der Waals surface area contributed by atoms with E-state index in [-0.39, 0.29) is 24.0 Å². The Morgan fingerprint density at radius 1 is 1.18 bits per heavy atom. The number of rotatable bonds is 8. The molecule has 3 rings (SSSR count). The lowest BCUT2D eigenvalue weighted by Crippen LogP contribution is -2.29. The molecule has 1 heterocycles. The zero-order valence-electron chi connectivity index (χ0n) is 15.4. The van der Waals surface area contributed by atoms with E-state index < -0.39 is 10.0 Å². The Hall–Kier alpha value is -2.29. The minimum atomic E-state index is -3.76. The third-order valence-corrected chi connectivity index (χ3v) is 6.01. The lowest BCUT2D eigenvalue weighted by atomic mass is 10.2. The van der Waals surface area contributed by atoms with Crippen molar-refractivity contribution in [2.24, 2.45) is 0 Å². The minimum Gasteiger partial charge on any atom is -0.495 e. The van der Waals surface area contributed by atoms with Crippen molar-refractivity contribution in [3.8, 4) is 11.5 Å². The first-order valence-corrected chi connectivity index (χ1v) is 10.6. The molecule has 0 unspecified atom stereocenters. The molecule has 1 amide bonds.